The average molecular weight is 180 g/mol. The smallest absolute Gasteiger partial charge is 0.200 e. The molecule has 72 valence electrons. The number of rotatable bonds is 2. The number of ketones is 1. The first-order valence-electron chi connectivity index (χ1n) is 5.14. The standard InChI is InChI=1S/C11H16O2/c1-8-4-5-9(7-8)11(12)10-3-2-6-13-10/h3,8-9H,2,4-7H2,1H3. The van der Waals surface area contributed by atoms with Gasteiger partial charge in [0.15, 0.2) is 11.5 Å². The molecule has 2 atom stereocenters. The van der Waals surface area contributed by atoms with Crippen molar-refractivity contribution in [3.63, 3.8) is 0 Å². The molecule has 0 aromatic rings. The molecule has 0 N–H and O–H groups in total. The van der Waals surface area contributed by atoms with Crippen molar-refractivity contribution in [2.75, 3.05) is 6.61 Å². The van der Waals surface area contributed by atoms with Gasteiger partial charge in [0, 0.05) is 12.3 Å². The molecule has 0 saturated heterocycles. The molecule has 1 fully saturated rings. The summed E-state index contributed by atoms with van der Waals surface area (Å²) in [5, 5.41) is 0. The van der Waals surface area contributed by atoms with Crippen LogP contribution < -0.4 is 0 Å². The van der Waals surface area contributed by atoms with E-state index in [1.54, 1.807) is 0 Å². The second kappa shape index (κ2) is 3.52. The minimum Gasteiger partial charge on any atom is -0.490 e. The fraction of sp³-hybridized carbons (Fsp3) is 0.727. The zero-order chi connectivity index (χ0) is 9.26. The molecule has 0 radical (unpaired) electrons. The lowest BCUT2D eigenvalue weighted by Crippen LogP contribution is -2.14. The maximum atomic E-state index is 11.8. The van der Waals surface area contributed by atoms with Crippen LogP contribution in [-0.4, -0.2) is 12.4 Å². The Morgan fingerprint density at radius 1 is 1.54 bits per heavy atom. The number of hydrogen-bond donors (Lipinski definition) is 0. The summed E-state index contributed by atoms with van der Waals surface area (Å²) < 4.78 is 5.27. The molecule has 1 aliphatic heterocycles. The maximum Gasteiger partial charge on any atom is 0.200 e. The molecule has 0 aromatic carbocycles. The van der Waals surface area contributed by atoms with Crippen LogP contribution in [0.1, 0.15) is 32.6 Å². The van der Waals surface area contributed by atoms with Crippen LogP contribution in [0.5, 0.6) is 0 Å². The van der Waals surface area contributed by atoms with Crippen LogP contribution in [0.4, 0.5) is 0 Å². The Bertz CT molecular complexity index is 242. The summed E-state index contributed by atoms with van der Waals surface area (Å²) in [4.78, 5) is 11.8. The van der Waals surface area contributed by atoms with E-state index in [1.165, 1.54) is 6.42 Å². The van der Waals surface area contributed by atoms with E-state index in [9.17, 15) is 4.79 Å². The van der Waals surface area contributed by atoms with Crippen LogP contribution in [-0.2, 0) is 9.53 Å². The Labute approximate surface area is 79.0 Å². The van der Waals surface area contributed by atoms with Gasteiger partial charge in [0.05, 0.1) is 6.61 Å². The van der Waals surface area contributed by atoms with Crippen LogP contribution in [0.25, 0.3) is 0 Å². The van der Waals surface area contributed by atoms with Gasteiger partial charge in [-0.25, -0.2) is 0 Å². The molecule has 1 saturated carbocycles. The summed E-state index contributed by atoms with van der Waals surface area (Å²) in [5.41, 5.74) is 0. The summed E-state index contributed by atoms with van der Waals surface area (Å²) >= 11 is 0. The molecule has 13 heavy (non-hydrogen) atoms. The van der Waals surface area contributed by atoms with Crippen molar-refractivity contribution < 1.29 is 9.53 Å². The highest BCUT2D eigenvalue weighted by Gasteiger charge is 2.30. The molecule has 2 aliphatic rings. The average Bonchev–Trinajstić information content (AvgIpc) is 2.72. The van der Waals surface area contributed by atoms with Crippen LogP contribution in [0, 0.1) is 11.8 Å². The third-order valence-corrected chi connectivity index (χ3v) is 3.01. The Morgan fingerprint density at radius 2 is 2.38 bits per heavy atom. The quantitative estimate of drug-likeness (QED) is 0.651. The summed E-state index contributed by atoms with van der Waals surface area (Å²) in [6, 6.07) is 0. The molecule has 0 aromatic heterocycles. The minimum absolute atomic E-state index is 0.249. The summed E-state index contributed by atoms with van der Waals surface area (Å²) in [7, 11) is 0. The molecular formula is C11H16O2. The maximum absolute atomic E-state index is 11.8. The third-order valence-electron chi connectivity index (χ3n) is 3.01. The van der Waals surface area contributed by atoms with Crippen LogP contribution in [0.2, 0.25) is 0 Å². The van der Waals surface area contributed by atoms with E-state index in [2.05, 4.69) is 6.92 Å². The highest BCUT2D eigenvalue weighted by Crippen LogP contribution is 2.33. The molecule has 0 spiro atoms. The van der Waals surface area contributed by atoms with Crippen LogP contribution in [0.3, 0.4) is 0 Å². The Balaban J connectivity index is 1.97. The van der Waals surface area contributed by atoms with Crippen molar-refractivity contribution in [1.29, 1.82) is 0 Å². The van der Waals surface area contributed by atoms with E-state index in [0.29, 0.717) is 12.4 Å². The largest absolute Gasteiger partial charge is 0.490 e. The molecule has 0 bridgehead atoms. The summed E-state index contributed by atoms with van der Waals surface area (Å²) in [6.45, 7) is 2.92. The highest BCUT2D eigenvalue weighted by molar-refractivity contribution is 5.95. The summed E-state index contributed by atoms with van der Waals surface area (Å²) in [6.07, 6.45) is 6.15. The van der Waals surface area contributed by atoms with Gasteiger partial charge < -0.3 is 4.74 Å². The number of carbonyl (C=O) groups excluding carboxylic acids is 1. The van der Waals surface area contributed by atoms with E-state index < -0.39 is 0 Å². The van der Waals surface area contributed by atoms with Crippen molar-refractivity contribution in [1.82, 2.24) is 0 Å². The van der Waals surface area contributed by atoms with Gasteiger partial charge in [-0.3, -0.25) is 4.79 Å². The number of ether oxygens (including phenoxy) is 1. The van der Waals surface area contributed by atoms with Crippen LogP contribution >= 0.6 is 0 Å². The molecule has 2 nitrogen and oxygen atoms in total. The Morgan fingerprint density at radius 3 is 2.92 bits per heavy atom. The second-order valence-corrected chi connectivity index (χ2v) is 4.18. The van der Waals surface area contributed by atoms with E-state index >= 15 is 0 Å². The monoisotopic (exact) mass is 180 g/mol. The van der Waals surface area contributed by atoms with Crippen molar-refractivity contribution in [2.24, 2.45) is 11.8 Å². The van der Waals surface area contributed by atoms with E-state index in [1.807, 2.05) is 6.08 Å². The fourth-order valence-corrected chi connectivity index (χ4v) is 2.24. The molecule has 1 heterocycles. The molecule has 2 rings (SSSR count). The van der Waals surface area contributed by atoms with Gasteiger partial charge in [0.2, 0.25) is 0 Å². The predicted molar refractivity (Wildman–Crippen MR) is 50.2 cm³/mol. The zero-order valence-corrected chi connectivity index (χ0v) is 8.08. The third kappa shape index (κ3) is 1.77. The molecular weight excluding hydrogens is 164 g/mol. The number of Topliss-reactive ketones (excluding diaryl/α,β-unsaturated/α-hetero) is 1. The minimum atomic E-state index is 0.249. The molecule has 2 unspecified atom stereocenters. The molecule has 1 aliphatic carbocycles. The first-order valence-corrected chi connectivity index (χ1v) is 5.14. The number of allylic oxidation sites excluding steroid dienone is 1. The van der Waals surface area contributed by atoms with Crippen molar-refractivity contribution in [3.05, 3.63) is 11.8 Å². The predicted octanol–water partition coefficient (Wildman–Crippen LogP) is 2.30. The lowest BCUT2D eigenvalue weighted by molar-refractivity contribution is -0.122. The number of carbonyl (C=O) groups is 1. The summed E-state index contributed by atoms with van der Waals surface area (Å²) in [5.74, 6) is 1.86. The van der Waals surface area contributed by atoms with E-state index in [0.717, 1.165) is 25.2 Å². The molecule has 2 heteroatoms. The Kier molecular flexibility index (Phi) is 2.38. The zero-order valence-electron chi connectivity index (χ0n) is 8.08. The topological polar surface area (TPSA) is 26.3 Å². The second-order valence-electron chi connectivity index (χ2n) is 4.18. The lowest BCUT2D eigenvalue weighted by atomic mass is 10.00. The van der Waals surface area contributed by atoms with Gasteiger partial charge in [0.25, 0.3) is 0 Å². The van der Waals surface area contributed by atoms with Crippen LogP contribution in [0.15, 0.2) is 11.8 Å². The van der Waals surface area contributed by atoms with Crippen molar-refractivity contribution >= 4 is 5.78 Å². The van der Waals surface area contributed by atoms with Crippen molar-refractivity contribution in [3.8, 4) is 0 Å². The van der Waals surface area contributed by atoms with Gasteiger partial charge in [-0.15, -0.1) is 0 Å². The Hall–Kier alpha value is -0.790. The van der Waals surface area contributed by atoms with Gasteiger partial charge in [-0.2, -0.15) is 0 Å². The van der Waals surface area contributed by atoms with E-state index in [-0.39, 0.29) is 11.7 Å². The highest BCUT2D eigenvalue weighted by atomic mass is 16.5. The van der Waals surface area contributed by atoms with E-state index in [4.69, 9.17) is 4.74 Å². The van der Waals surface area contributed by atoms with Gasteiger partial charge in [0.1, 0.15) is 0 Å². The first kappa shape index (κ1) is 8.79. The fourth-order valence-electron chi connectivity index (χ4n) is 2.24. The normalized spacial score (nSPS) is 32.8. The van der Waals surface area contributed by atoms with Gasteiger partial charge in [-0.05, 0) is 31.3 Å². The van der Waals surface area contributed by atoms with Gasteiger partial charge in [-0.1, -0.05) is 6.92 Å². The number of hydrogen-bond acceptors (Lipinski definition) is 2. The van der Waals surface area contributed by atoms with Crippen molar-refractivity contribution in [2.45, 2.75) is 32.6 Å². The SMILES string of the molecule is CC1CCC(C(=O)C2=CCCO2)C1. The van der Waals surface area contributed by atoms with Gasteiger partial charge >= 0.3 is 0 Å². The molecule has 0 amide bonds. The lowest BCUT2D eigenvalue weighted by Gasteiger charge is -2.08. The first-order chi connectivity index (χ1) is 6.27.